The van der Waals surface area contributed by atoms with Gasteiger partial charge < -0.3 is 31.3 Å². The summed E-state index contributed by atoms with van der Waals surface area (Å²) >= 11 is 0. The van der Waals surface area contributed by atoms with E-state index in [2.05, 4.69) is 0 Å². The Morgan fingerprint density at radius 1 is 0.708 bits per heavy atom. The summed E-state index contributed by atoms with van der Waals surface area (Å²) in [5.41, 5.74) is 12.4. The molecule has 0 amide bonds. The van der Waals surface area contributed by atoms with Crippen LogP contribution >= 0.6 is 0 Å². The van der Waals surface area contributed by atoms with Crippen LogP contribution in [-0.2, 0) is 22.4 Å². The maximum absolute atomic E-state index is 10.3. The van der Waals surface area contributed by atoms with Gasteiger partial charge in [0.1, 0.15) is 0 Å². The number of hydrogen-bond acceptors (Lipinski definition) is 6. The number of hydrogen-bond donors (Lipinski definition) is 2. The highest BCUT2D eigenvalue weighted by molar-refractivity contribution is 5.71. The minimum absolute atomic E-state index is 0.323. The highest BCUT2D eigenvalue weighted by atomic mass is 16.4. The molecule has 0 saturated carbocycles. The van der Waals surface area contributed by atoms with Crippen molar-refractivity contribution < 1.29 is 19.8 Å². The quantitative estimate of drug-likeness (QED) is 0.671. The van der Waals surface area contributed by atoms with Crippen LogP contribution in [0.15, 0.2) is 60.7 Å². The Morgan fingerprint density at radius 3 is 1.25 bits per heavy atom. The lowest BCUT2D eigenvalue weighted by Gasteiger charge is -2.11. The van der Waals surface area contributed by atoms with Crippen molar-refractivity contribution in [2.24, 2.45) is 11.5 Å². The first-order chi connectivity index (χ1) is 11.4. The van der Waals surface area contributed by atoms with Gasteiger partial charge in [-0.25, -0.2) is 0 Å². The van der Waals surface area contributed by atoms with Crippen molar-refractivity contribution >= 4 is 11.9 Å². The van der Waals surface area contributed by atoms with Crippen LogP contribution in [0.4, 0.5) is 0 Å². The highest BCUT2D eigenvalue weighted by Crippen LogP contribution is 2.01. The molecule has 0 aliphatic carbocycles. The van der Waals surface area contributed by atoms with Crippen molar-refractivity contribution in [3.05, 3.63) is 71.8 Å². The number of benzene rings is 2. The predicted octanol–water partition coefficient (Wildman–Crippen LogP) is -1.39. The zero-order valence-corrected chi connectivity index (χ0v) is 13.1. The van der Waals surface area contributed by atoms with Gasteiger partial charge in [0.2, 0.25) is 0 Å². The number of carboxylic acids is 2. The summed E-state index contributed by atoms with van der Waals surface area (Å²) < 4.78 is 0. The molecule has 0 fully saturated rings. The summed E-state index contributed by atoms with van der Waals surface area (Å²) in [5, 5.41) is 20.5. The Bertz CT molecular complexity index is 574. The van der Waals surface area contributed by atoms with Crippen molar-refractivity contribution in [2.45, 2.75) is 24.9 Å². The van der Waals surface area contributed by atoms with Crippen LogP contribution in [0.1, 0.15) is 11.1 Å². The zero-order valence-electron chi connectivity index (χ0n) is 13.1. The van der Waals surface area contributed by atoms with E-state index in [-0.39, 0.29) is 0 Å². The largest absolute Gasteiger partial charge is 0.548 e. The van der Waals surface area contributed by atoms with E-state index in [0.717, 1.165) is 11.1 Å². The van der Waals surface area contributed by atoms with Gasteiger partial charge in [-0.2, -0.15) is 0 Å². The van der Waals surface area contributed by atoms with Gasteiger partial charge in [-0.15, -0.1) is 0 Å². The molecular formula is C18H20N2O4-2. The van der Waals surface area contributed by atoms with Crippen LogP contribution in [0.2, 0.25) is 0 Å². The third kappa shape index (κ3) is 7.53. The van der Waals surface area contributed by atoms with E-state index in [9.17, 15) is 19.8 Å². The lowest BCUT2D eigenvalue weighted by Crippen LogP contribution is -2.43. The molecule has 2 atom stereocenters. The first-order valence-corrected chi connectivity index (χ1v) is 7.41. The number of aliphatic carboxylic acids is 2. The first-order valence-electron chi connectivity index (χ1n) is 7.41. The molecule has 4 N–H and O–H groups in total. The molecule has 6 nitrogen and oxygen atoms in total. The molecule has 128 valence electrons. The monoisotopic (exact) mass is 328 g/mol. The SMILES string of the molecule is NC(Cc1ccccc1)C(=O)[O-].NC(Cc1ccccc1)C(=O)[O-]. The van der Waals surface area contributed by atoms with Gasteiger partial charge >= 0.3 is 0 Å². The van der Waals surface area contributed by atoms with Crippen LogP contribution in [0.3, 0.4) is 0 Å². The smallest absolute Gasteiger partial charge is 0.0585 e. The zero-order chi connectivity index (χ0) is 17.9. The third-order valence-corrected chi connectivity index (χ3v) is 3.20. The summed E-state index contributed by atoms with van der Waals surface area (Å²) in [7, 11) is 0. The molecule has 0 aliphatic rings. The fourth-order valence-electron chi connectivity index (χ4n) is 1.90. The second kappa shape index (κ2) is 10.1. The number of carbonyl (C=O) groups is 2. The van der Waals surface area contributed by atoms with Gasteiger partial charge in [0.05, 0.1) is 11.9 Å². The van der Waals surface area contributed by atoms with Crippen molar-refractivity contribution in [2.75, 3.05) is 0 Å². The summed E-state index contributed by atoms with van der Waals surface area (Å²) in [6, 6.07) is 16.6. The van der Waals surface area contributed by atoms with E-state index in [4.69, 9.17) is 11.5 Å². The second-order valence-corrected chi connectivity index (χ2v) is 5.23. The number of nitrogens with two attached hydrogens (primary N) is 2. The molecular weight excluding hydrogens is 308 g/mol. The molecule has 0 saturated heterocycles. The minimum Gasteiger partial charge on any atom is -0.548 e. The summed E-state index contributed by atoms with van der Waals surface area (Å²) in [6.45, 7) is 0. The molecule has 24 heavy (non-hydrogen) atoms. The van der Waals surface area contributed by atoms with E-state index in [1.807, 2.05) is 60.7 Å². The van der Waals surface area contributed by atoms with Crippen LogP contribution in [0.25, 0.3) is 0 Å². The molecule has 0 aliphatic heterocycles. The van der Waals surface area contributed by atoms with Gasteiger partial charge in [0.15, 0.2) is 0 Å². The third-order valence-electron chi connectivity index (χ3n) is 3.20. The van der Waals surface area contributed by atoms with Gasteiger partial charge in [-0.3, -0.25) is 0 Å². The van der Waals surface area contributed by atoms with Crippen molar-refractivity contribution in [1.29, 1.82) is 0 Å². The maximum atomic E-state index is 10.3. The topological polar surface area (TPSA) is 132 Å². The maximum Gasteiger partial charge on any atom is 0.0585 e. The average molecular weight is 328 g/mol. The molecule has 2 aromatic rings. The Balaban J connectivity index is 0.000000240. The Morgan fingerprint density at radius 2 is 1.00 bits per heavy atom. The lowest BCUT2D eigenvalue weighted by atomic mass is 10.1. The Hall–Kier alpha value is -2.70. The van der Waals surface area contributed by atoms with Crippen LogP contribution < -0.4 is 21.7 Å². The van der Waals surface area contributed by atoms with Crippen LogP contribution in [0, 0.1) is 0 Å². The summed E-state index contributed by atoms with van der Waals surface area (Å²) in [5.74, 6) is -2.42. The summed E-state index contributed by atoms with van der Waals surface area (Å²) in [4.78, 5) is 20.5. The van der Waals surface area contributed by atoms with Gasteiger partial charge in [-0.05, 0) is 24.0 Å². The van der Waals surface area contributed by atoms with Gasteiger partial charge in [0.25, 0.3) is 0 Å². The van der Waals surface area contributed by atoms with Crippen LogP contribution in [0.5, 0.6) is 0 Å². The molecule has 0 aromatic heterocycles. The normalized spacial score (nSPS) is 12.4. The van der Waals surface area contributed by atoms with Crippen LogP contribution in [-0.4, -0.2) is 24.0 Å². The fourth-order valence-corrected chi connectivity index (χ4v) is 1.90. The molecule has 2 unspecified atom stereocenters. The highest BCUT2D eigenvalue weighted by Gasteiger charge is 2.03. The van der Waals surface area contributed by atoms with Crippen molar-refractivity contribution in [1.82, 2.24) is 0 Å². The standard InChI is InChI=1S/2C9H11NO2/c2*10-8(9(11)12)6-7-4-2-1-3-5-7/h2*1-5,8H,6,10H2,(H,11,12)/p-2. The molecule has 6 heteroatoms. The van der Waals surface area contributed by atoms with E-state index in [1.165, 1.54) is 0 Å². The first kappa shape index (κ1) is 19.3. The van der Waals surface area contributed by atoms with E-state index < -0.39 is 24.0 Å². The molecule has 2 rings (SSSR count). The molecule has 0 radical (unpaired) electrons. The molecule has 0 bridgehead atoms. The Labute approximate surface area is 140 Å². The second-order valence-electron chi connectivity index (χ2n) is 5.23. The fraction of sp³-hybridized carbons (Fsp3) is 0.222. The molecule has 2 aromatic carbocycles. The van der Waals surface area contributed by atoms with E-state index in [1.54, 1.807) is 0 Å². The van der Waals surface area contributed by atoms with Gasteiger partial charge in [-0.1, -0.05) is 60.7 Å². The summed E-state index contributed by atoms with van der Waals surface area (Å²) in [6.07, 6.45) is 0.645. The molecule has 0 heterocycles. The van der Waals surface area contributed by atoms with Crippen molar-refractivity contribution in [3.63, 3.8) is 0 Å². The van der Waals surface area contributed by atoms with Crippen molar-refractivity contribution in [3.8, 4) is 0 Å². The van der Waals surface area contributed by atoms with E-state index >= 15 is 0 Å². The van der Waals surface area contributed by atoms with E-state index in [0.29, 0.717) is 12.8 Å². The minimum atomic E-state index is -1.21. The predicted molar refractivity (Wildman–Crippen MR) is 86.3 cm³/mol. The average Bonchev–Trinajstić information content (AvgIpc) is 2.57. The Kier molecular flexibility index (Phi) is 8.18. The number of carboxylic acid groups (broad SMARTS) is 2. The number of rotatable bonds is 6. The van der Waals surface area contributed by atoms with Gasteiger partial charge in [0, 0.05) is 12.1 Å². The lowest BCUT2D eigenvalue weighted by molar-refractivity contribution is -0.308. The molecule has 0 spiro atoms. The number of carbonyl (C=O) groups excluding carboxylic acids is 2.